The van der Waals surface area contributed by atoms with E-state index in [-0.39, 0.29) is 30.5 Å². The lowest BCUT2D eigenvalue weighted by atomic mass is 9.91. The molecule has 4 rings (SSSR count). The Morgan fingerprint density at radius 1 is 1.00 bits per heavy atom. The number of fused-ring (bicyclic) bond motifs is 1. The van der Waals surface area contributed by atoms with Crippen LogP contribution in [0.2, 0.25) is 0 Å². The molecule has 1 atom stereocenters. The van der Waals surface area contributed by atoms with Gasteiger partial charge in [-0.25, -0.2) is 0 Å². The van der Waals surface area contributed by atoms with E-state index in [1.807, 2.05) is 26.0 Å². The van der Waals surface area contributed by atoms with E-state index in [2.05, 4.69) is 4.74 Å². The van der Waals surface area contributed by atoms with Gasteiger partial charge >= 0.3 is 6.36 Å². The van der Waals surface area contributed by atoms with Crippen molar-refractivity contribution in [3.05, 3.63) is 53.1 Å². The van der Waals surface area contributed by atoms with E-state index in [0.29, 0.717) is 24.6 Å². The Bertz CT molecular complexity index is 1140. The largest absolute Gasteiger partial charge is 0.573 e. The highest BCUT2D eigenvalue weighted by Gasteiger charge is 2.38. The van der Waals surface area contributed by atoms with Crippen LogP contribution in [0.1, 0.15) is 61.0 Å². The van der Waals surface area contributed by atoms with Gasteiger partial charge in [0.15, 0.2) is 11.5 Å². The molecular weight excluding hydrogens is 501 g/mol. The summed E-state index contributed by atoms with van der Waals surface area (Å²) in [5, 5.41) is 0. The van der Waals surface area contributed by atoms with Crippen LogP contribution in [0.5, 0.6) is 17.2 Å². The number of hydrogen-bond donors (Lipinski definition) is 0. The summed E-state index contributed by atoms with van der Waals surface area (Å²) in [6.45, 7) is 4.87. The quantitative estimate of drug-likeness (QED) is 0.457. The molecule has 1 unspecified atom stereocenters. The number of benzene rings is 2. The average Bonchev–Trinajstić information content (AvgIpc) is 3.40. The lowest BCUT2D eigenvalue weighted by molar-refractivity contribution is -0.274. The number of alkyl halides is 3. The highest BCUT2D eigenvalue weighted by Crippen LogP contribution is 2.38. The lowest BCUT2D eigenvalue weighted by Gasteiger charge is -2.38. The lowest BCUT2D eigenvalue weighted by Crippen LogP contribution is -2.53. The standard InChI is InChI=1S/C28H33F3N2O5/c1-4-32(5-2)27(35)23-14-19-15-24(36-3)25(37-21-8-6-7-9-21)16-20(19)17-33(23)26(34)18-10-12-22(13-11-18)38-28(29,30)31/h10-13,15-16,21,23H,4-9,14,17H2,1-3H3. The first kappa shape index (κ1) is 27.6. The average molecular weight is 535 g/mol. The predicted octanol–water partition coefficient (Wildman–Crippen LogP) is 5.35. The number of carbonyl (C=O) groups excluding carboxylic acids is 2. The Kier molecular flexibility index (Phi) is 8.38. The molecule has 0 radical (unpaired) electrons. The van der Waals surface area contributed by atoms with Gasteiger partial charge in [0.25, 0.3) is 5.91 Å². The fourth-order valence-electron chi connectivity index (χ4n) is 5.18. The summed E-state index contributed by atoms with van der Waals surface area (Å²) in [6.07, 6.45) is -0.269. The van der Waals surface area contributed by atoms with Crippen molar-refractivity contribution in [3.8, 4) is 17.2 Å². The van der Waals surface area contributed by atoms with E-state index in [1.54, 1.807) is 12.0 Å². The molecule has 1 saturated carbocycles. The van der Waals surface area contributed by atoms with Gasteiger partial charge in [-0.3, -0.25) is 9.59 Å². The molecule has 0 N–H and O–H groups in total. The second-order valence-corrected chi connectivity index (χ2v) is 9.53. The second-order valence-electron chi connectivity index (χ2n) is 9.53. The number of halogens is 3. The molecule has 1 heterocycles. The van der Waals surface area contributed by atoms with Crippen LogP contribution in [-0.2, 0) is 17.8 Å². The van der Waals surface area contributed by atoms with Gasteiger partial charge in [-0.15, -0.1) is 13.2 Å². The summed E-state index contributed by atoms with van der Waals surface area (Å²) >= 11 is 0. The summed E-state index contributed by atoms with van der Waals surface area (Å²) in [6, 6.07) is 7.74. The molecular formula is C28H33F3N2O5. The van der Waals surface area contributed by atoms with Crippen LogP contribution < -0.4 is 14.2 Å². The van der Waals surface area contributed by atoms with E-state index in [4.69, 9.17) is 9.47 Å². The van der Waals surface area contributed by atoms with Crippen molar-refractivity contribution in [2.45, 2.75) is 71.0 Å². The molecule has 2 aromatic carbocycles. The molecule has 1 aliphatic carbocycles. The molecule has 2 aliphatic rings. The number of likely N-dealkylation sites (N-methyl/N-ethyl adjacent to an activating group) is 1. The van der Waals surface area contributed by atoms with Crippen LogP contribution in [0.3, 0.4) is 0 Å². The van der Waals surface area contributed by atoms with Gasteiger partial charge in [0, 0.05) is 31.6 Å². The Morgan fingerprint density at radius 2 is 1.63 bits per heavy atom. The van der Waals surface area contributed by atoms with Crippen molar-refractivity contribution in [1.29, 1.82) is 0 Å². The number of ether oxygens (including phenoxy) is 3. The van der Waals surface area contributed by atoms with Crippen molar-refractivity contribution in [2.75, 3.05) is 20.2 Å². The van der Waals surface area contributed by atoms with Gasteiger partial charge < -0.3 is 24.0 Å². The van der Waals surface area contributed by atoms with Crippen LogP contribution in [0.15, 0.2) is 36.4 Å². The van der Waals surface area contributed by atoms with Crippen LogP contribution >= 0.6 is 0 Å². The fourth-order valence-corrected chi connectivity index (χ4v) is 5.18. The number of carbonyl (C=O) groups is 2. The Balaban J connectivity index is 1.66. The normalized spacial score (nSPS) is 17.6. The van der Waals surface area contributed by atoms with E-state index < -0.39 is 24.1 Å². The third-order valence-corrected chi connectivity index (χ3v) is 7.17. The van der Waals surface area contributed by atoms with Gasteiger partial charge in [0.05, 0.1) is 13.2 Å². The number of nitrogens with zero attached hydrogens (tertiary/aromatic N) is 2. The van der Waals surface area contributed by atoms with Gasteiger partial charge in [0.2, 0.25) is 5.91 Å². The summed E-state index contributed by atoms with van der Waals surface area (Å²) in [7, 11) is 1.58. The smallest absolute Gasteiger partial charge is 0.493 e. The minimum atomic E-state index is -4.83. The first-order valence-electron chi connectivity index (χ1n) is 13.0. The van der Waals surface area contributed by atoms with Crippen LogP contribution in [0, 0.1) is 0 Å². The van der Waals surface area contributed by atoms with E-state index >= 15 is 0 Å². The van der Waals surface area contributed by atoms with Crippen molar-refractivity contribution in [3.63, 3.8) is 0 Å². The predicted molar refractivity (Wildman–Crippen MR) is 134 cm³/mol. The zero-order valence-corrected chi connectivity index (χ0v) is 21.8. The third kappa shape index (κ3) is 6.16. The Hall–Kier alpha value is -3.43. The molecule has 0 saturated heterocycles. The van der Waals surface area contributed by atoms with Gasteiger partial charge in [0.1, 0.15) is 11.8 Å². The number of hydrogen-bond acceptors (Lipinski definition) is 5. The van der Waals surface area contributed by atoms with E-state index in [0.717, 1.165) is 48.9 Å². The van der Waals surface area contributed by atoms with E-state index in [1.165, 1.54) is 17.0 Å². The maximum atomic E-state index is 13.6. The SMILES string of the molecule is CCN(CC)C(=O)C1Cc2cc(OC)c(OC3CCCC3)cc2CN1C(=O)c1ccc(OC(F)(F)F)cc1. The maximum Gasteiger partial charge on any atom is 0.573 e. The van der Waals surface area contributed by atoms with Crippen molar-refractivity contribution in [1.82, 2.24) is 9.80 Å². The van der Waals surface area contributed by atoms with Crippen LogP contribution in [0.25, 0.3) is 0 Å². The fraction of sp³-hybridized carbons (Fsp3) is 0.500. The summed E-state index contributed by atoms with van der Waals surface area (Å²) < 4.78 is 53.5. The van der Waals surface area contributed by atoms with Gasteiger partial charge in [-0.2, -0.15) is 0 Å². The van der Waals surface area contributed by atoms with Crippen molar-refractivity contribution in [2.24, 2.45) is 0 Å². The molecule has 38 heavy (non-hydrogen) atoms. The van der Waals surface area contributed by atoms with Gasteiger partial charge in [-0.1, -0.05) is 0 Å². The minimum Gasteiger partial charge on any atom is -0.493 e. The first-order valence-corrected chi connectivity index (χ1v) is 13.0. The monoisotopic (exact) mass is 534 g/mol. The third-order valence-electron chi connectivity index (χ3n) is 7.17. The Labute approximate surface area is 220 Å². The zero-order chi connectivity index (χ0) is 27.4. The number of rotatable bonds is 8. The number of amides is 2. The van der Waals surface area contributed by atoms with Crippen LogP contribution in [0.4, 0.5) is 13.2 Å². The first-order chi connectivity index (χ1) is 18.1. The molecule has 2 aromatic rings. The van der Waals surface area contributed by atoms with E-state index in [9.17, 15) is 22.8 Å². The van der Waals surface area contributed by atoms with Crippen molar-refractivity contribution >= 4 is 11.8 Å². The molecule has 0 aromatic heterocycles. The summed E-state index contributed by atoms with van der Waals surface area (Å²) in [5.41, 5.74) is 1.90. The molecule has 0 bridgehead atoms. The van der Waals surface area contributed by atoms with Gasteiger partial charge in [-0.05, 0) is 87.1 Å². The molecule has 1 aliphatic heterocycles. The molecule has 7 nitrogen and oxygen atoms in total. The molecule has 1 fully saturated rings. The summed E-state index contributed by atoms with van der Waals surface area (Å²) in [4.78, 5) is 30.3. The maximum absolute atomic E-state index is 13.6. The molecule has 0 spiro atoms. The highest BCUT2D eigenvalue weighted by molar-refractivity contribution is 5.98. The van der Waals surface area contributed by atoms with Crippen LogP contribution in [-0.4, -0.2) is 60.3 Å². The molecule has 206 valence electrons. The minimum absolute atomic E-state index is 0.109. The number of methoxy groups -OCH3 is 1. The topological polar surface area (TPSA) is 68.3 Å². The highest BCUT2D eigenvalue weighted by atomic mass is 19.4. The van der Waals surface area contributed by atoms with Crippen molar-refractivity contribution < 1.29 is 37.0 Å². The second kappa shape index (κ2) is 11.5. The summed E-state index contributed by atoms with van der Waals surface area (Å²) in [5.74, 6) is 0.136. The molecule has 10 heteroatoms. The Morgan fingerprint density at radius 3 is 2.21 bits per heavy atom. The zero-order valence-electron chi connectivity index (χ0n) is 21.8. The molecule has 2 amide bonds.